The summed E-state index contributed by atoms with van der Waals surface area (Å²) in [5.74, 6) is -1.10. The number of halogens is 1. The van der Waals surface area contributed by atoms with E-state index in [1.165, 1.54) is 25.3 Å². The lowest BCUT2D eigenvalue weighted by atomic mass is 9.95. The first-order valence-electron chi connectivity index (χ1n) is 9.42. The largest absolute Gasteiger partial charge is 0.495 e. The number of amides is 2. The molecule has 0 aliphatic rings. The Hall–Kier alpha value is -3.14. The van der Waals surface area contributed by atoms with Crippen molar-refractivity contribution in [2.24, 2.45) is 5.41 Å². The summed E-state index contributed by atoms with van der Waals surface area (Å²) in [5, 5.41) is 5.25. The second-order valence-electron chi connectivity index (χ2n) is 7.91. The molecular formula is C21H26FN3O5S. The molecule has 0 unspecified atom stereocenters. The summed E-state index contributed by atoms with van der Waals surface area (Å²) in [4.78, 5) is 24.4. The summed E-state index contributed by atoms with van der Waals surface area (Å²) < 4.78 is 45.9. The van der Waals surface area contributed by atoms with Gasteiger partial charge in [-0.3, -0.25) is 14.3 Å². The average Bonchev–Trinajstić information content (AvgIpc) is 2.67. The molecule has 31 heavy (non-hydrogen) atoms. The number of hydrogen-bond acceptors (Lipinski definition) is 5. The van der Waals surface area contributed by atoms with Gasteiger partial charge in [-0.15, -0.1) is 0 Å². The summed E-state index contributed by atoms with van der Waals surface area (Å²) in [6.45, 7) is 6.74. The smallest absolute Gasteiger partial charge is 0.262 e. The van der Waals surface area contributed by atoms with Gasteiger partial charge < -0.3 is 15.4 Å². The highest BCUT2D eigenvalue weighted by molar-refractivity contribution is 7.92. The Balaban J connectivity index is 2.21. The third-order valence-corrected chi connectivity index (χ3v) is 5.64. The Morgan fingerprint density at radius 2 is 1.68 bits per heavy atom. The van der Waals surface area contributed by atoms with Crippen LogP contribution in [0.4, 0.5) is 15.8 Å². The number of rotatable bonds is 7. The van der Waals surface area contributed by atoms with Crippen molar-refractivity contribution < 1.29 is 27.1 Å². The number of anilines is 2. The normalized spacial score (nSPS) is 12.6. The van der Waals surface area contributed by atoms with E-state index in [0.29, 0.717) is 5.69 Å². The van der Waals surface area contributed by atoms with E-state index in [9.17, 15) is 22.4 Å². The number of methoxy groups -OCH3 is 1. The quantitative estimate of drug-likeness (QED) is 0.599. The number of ether oxygens (including phenoxy) is 1. The molecule has 0 radical (unpaired) electrons. The molecule has 0 fully saturated rings. The molecule has 2 amide bonds. The van der Waals surface area contributed by atoms with Gasteiger partial charge in [-0.1, -0.05) is 20.8 Å². The zero-order valence-electron chi connectivity index (χ0n) is 17.9. The molecule has 0 aliphatic carbocycles. The second kappa shape index (κ2) is 9.34. The van der Waals surface area contributed by atoms with E-state index in [1.54, 1.807) is 27.7 Å². The topological polar surface area (TPSA) is 114 Å². The minimum atomic E-state index is -4.02. The van der Waals surface area contributed by atoms with Gasteiger partial charge in [-0.05, 0) is 49.4 Å². The summed E-state index contributed by atoms with van der Waals surface area (Å²) in [6, 6.07) is 7.93. The maximum atomic E-state index is 13.1. The van der Waals surface area contributed by atoms with Gasteiger partial charge in [0.25, 0.3) is 10.0 Å². The van der Waals surface area contributed by atoms with Gasteiger partial charge >= 0.3 is 0 Å². The molecule has 10 heteroatoms. The van der Waals surface area contributed by atoms with Crippen LogP contribution in [0.25, 0.3) is 0 Å². The van der Waals surface area contributed by atoms with Crippen LogP contribution in [0.2, 0.25) is 0 Å². The fourth-order valence-electron chi connectivity index (χ4n) is 2.41. The number of sulfonamides is 1. The van der Waals surface area contributed by atoms with E-state index >= 15 is 0 Å². The lowest BCUT2D eigenvalue weighted by Crippen LogP contribution is -2.46. The summed E-state index contributed by atoms with van der Waals surface area (Å²) in [5.41, 5.74) is -0.282. The lowest BCUT2D eigenvalue weighted by molar-refractivity contribution is -0.131. The highest BCUT2D eigenvalue weighted by Crippen LogP contribution is 2.30. The summed E-state index contributed by atoms with van der Waals surface area (Å²) in [6.07, 6.45) is 0. The van der Waals surface area contributed by atoms with Crippen molar-refractivity contribution in [3.63, 3.8) is 0 Å². The van der Waals surface area contributed by atoms with Gasteiger partial charge in [0.15, 0.2) is 0 Å². The minimum Gasteiger partial charge on any atom is -0.495 e. The first-order chi connectivity index (χ1) is 14.3. The monoisotopic (exact) mass is 451 g/mol. The Morgan fingerprint density at radius 1 is 1.06 bits per heavy atom. The second-order valence-corrected chi connectivity index (χ2v) is 9.59. The third kappa shape index (κ3) is 6.42. The summed E-state index contributed by atoms with van der Waals surface area (Å²) >= 11 is 0. The number of nitrogens with one attached hydrogen (secondary N) is 3. The van der Waals surface area contributed by atoms with Crippen LogP contribution >= 0.6 is 0 Å². The van der Waals surface area contributed by atoms with Crippen molar-refractivity contribution in [2.75, 3.05) is 17.1 Å². The molecule has 2 aromatic carbocycles. The van der Waals surface area contributed by atoms with Gasteiger partial charge in [-0.25, -0.2) is 12.8 Å². The highest BCUT2D eigenvalue weighted by Gasteiger charge is 2.25. The van der Waals surface area contributed by atoms with Gasteiger partial charge in [0.1, 0.15) is 17.6 Å². The maximum absolute atomic E-state index is 13.1. The molecule has 168 valence electrons. The van der Waals surface area contributed by atoms with Crippen LogP contribution in [0.5, 0.6) is 5.75 Å². The van der Waals surface area contributed by atoms with Crippen molar-refractivity contribution in [1.29, 1.82) is 0 Å². The van der Waals surface area contributed by atoms with Crippen molar-refractivity contribution in [2.45, 2.75) is 38.6 Å². The first-order valence-corrected chi connectivity index (χ1v) is 10.9. The van der Waals surface area contributed by atoms with Crippen LogP contribution in [0.1, 0.15) is 27.7 Å². The highest BCUT2D eigenvalue weighted by atomic mass is 32.2. The molecule has 0 aliphatic heterocycles. The molecule has 0 heterocycles. The average molecular weight is 452 g/mol. The Labute approximate surface area is 181 Å². The minimum absolute atomic E-state index is 0.0796. The molecule has 8 nitrogen and oxygen atoms in total. The van der Waals surface area contributed by atoms with Gasteiger partial charge in [0, 0.05) is 11.1 Å². The van der Waals surface area contributed by atoms with Crippen molar-refractivity contribution >= 4 is 33.2 Å². The Bertz CT molecular complexity index is 1060. The molecule has 0 bridgehead atoms. The SMILES string of the molecule is COc1ccc(NC(=O)[C@H](C)NC(=O)C(C)(C)C)cc1NS(=O)(=O)c1ccc(F)cc1. The number of carbonyl (C=O) groups is 2. The molecule has 0 saturated heterocycles. The molecule has 3 N–H and O–H groups in total. The third-order valence-electron chi connectivity index (χ3n) is 4.26. The number of carbonyl (C=O) groups excluding carboxylic acids is 2. The molecular weight excluding hydrogens is 425 g/mol. The van der Waals surface area contributed by atoms with Crippen LogP contribution in [0, 0.1) is 11.2 Å². The van der Waals surface area contributed by atoms with E-state index < -0.39 is 33.2 Å². The van der Waals surface area contributed by atoms with E-state index in [1.807, 2.05) is 0 Å². The fourth-order valence-corrected chi connectivity index (χ4v) is 3.47. The first kappa shape index (κ1) is 24.1. The van der Waals surface area contributed by atoms with Crippen LogP contribution in [-0.4, -0.2) is 33.4 Å². The molecule has 2 aromatic rings. The molecule has 1 atom stereocenters. The number of hydrogen-bond donors (Lipinski definition) is 3. The van der Waals surface area contributed by atoms with Crippen molar-refractivity contribution in [1.82, 2.24) is 5.32 Å². The standard InChI is InChI=1S/C21H26FN3O5S/c1-13(23-20(27)21(2,3)4)19(26)24-15-8-11-18(30-5)17(12-15)25-31(28,29)16-9-6-14(22)7-10-16/h6-13,25H,1-5H3,(H,23,27)(H,24,26)/t13-/m0/s1. The number of benzene rings is 2. The van der Waals surface area contributed by atoms with Crippen LogP contribution in [-0.2, 0) is 19.6 Å². The van der Waals surface area contributed by atoms with Gasteiger partial charge in [0.05, 0.1) is 17.7 Å². The van der Waals surface area contributed by atoms with E-state index in [4.69, 9.17) is 4.74 Å². The van der Waals surface area contributed by atoms with Gasteiger partial charge in [-0.2, -0.15) is 0 Å². The van der Waals surface area contributed by atoms with Crippen LogP contribution < -0.4 is 20.1 Å². The van der Waals surface area contributed by atoms with Gasteiger partial charge in [0.2, 0.25) is 11.8 Å². The predicted octanol–water partition coefficient (Wildman–Crippen LogP) is 3.12. The van der Waals surface area contributed by atoms with Crippen molar-refractivity contribution in [3.05, 3.63) is 48.3 Å². The Morgan fingerprint density at radius 3 is 2.23 bits per heavy atom. The zero-order chi connectivity index (χ0) is 23.4. The lowest BCUT2D eigenvalue weighted by Gasteiger charge is -2.21. The van der Waals surface area contributed by atoms with E-state index in [0.717, 1.165) is 24.3 Å². The van der Waals surface area contributed by atoms with Crippen LogP contribution in [0.3, 0.4) is 0 Å². The molecule has 0 spiro atoms. The maximum Gasteiger partial charge on any atom is 0.262 e. The van der Waals surface area contributed by atoms with E-state index in [-0.39, 0.29) is 22.2 Å². The van der Waals surface area contributed by atoms with Crippen molar-refractivity contribution in [3.8, 4) is 5.75 Å². The molecule has 0 saturated carbocycles. The predicted molar refractivity (Wildman–Crippen MR) is 116 cm³/mol. The molecule has 0 aromatic heterocycles. The Kier molecular flexibility index (Phi) is 7.27. The fraction of sp³-hybridized carbons (Fsp3) is 0.333. The van der Waals surface area contributed by atoms with Crippen LogP contribution in [0.15, 0.2) is 47.4 Å². The zero-order valence-corrected chi connectivity index (χ0v) is 18.8. The summed E-state index contributed by atoms with van der Waals surface area (Å²) in [7, 11) is -2.65. The molecule has 2 rings (SSSR count). The van der Waals surface area contributed by atoms with E-state index in [2.05, 4.69) is 15.4 Å².